The largest absolute Gasteiger partial charge is 0.497 e. The number of carbonyl (C=O) groups is 2. The van der Waals surface area contributed by atoms with Gasteiger partial charge in [-0.1, -0.05) is 30.3 Å². The third-order valence-electron chi connectivity index (χ3n) is 6.16. The first kappa shape index (κ1) is 17.8. The van der Waals surface area contributed by atoms with Crippen molar-refractivity contribution in [3.8, 4) is 5.75 Å². The zero-order chi connectivity index (χ0) is 20.1. The van der Waals surface area contributed by atoms with E-state index in [9.17, 15) is 9.59 Å². The van der Waals surface area contributed by atoms with Crippen LogP contribution in [-0.4, -0.2) is 46.3 Å². The van der Waals surface area contributed by atoms with Crippen LogP contribution in [0.15, 0.2) is 48.5 Å². The standard InChI is InChI=1S/C23H23N3O3/c1-14-22-18(17-5-3-4-6-19(17)24-22)11-20-23(28)25(13-21(27)26(14)20)12-15-7-9-16(29-2)10-8-15/h3-10,14,20,24H,11-13H2,1-2H3/t14?,20-/m0/s1. The van der Waals surface area contributed by atoms with Crippen molar-refractivity contribution in [1.82, 2.24) is 14.8 Å². The van der Waals surface area contributed by atoms with Crippen LogP contribution in [0.4, 0.5) is 0 Å². The van der Waals surface area contributed by atoms with Gasteiger partial charge in [-0.25, -0.2) is 0 Å². The van der Waals surface area contributed by atoms with Crippen molar-refractivity contribution in [2.24, 2.45) is 0 Å². The summed E-state index contributed by atoms with van der Waals surface area (Å²) in [6.07, 6.45) is 0.549. The molecule has 2 amide bonds. The minimum Gasteiger partial charge on any atom is -0.497 e. The molecule has 3 heterocycles. The molecule has 3 aromatic rings. The fourth-order valence-electron chi connectivity index (χ4n) is 4.71. The van der Waals surface area contributed by atoms with E-state index in [1.807, 2.05) is 49.4 Å². The Bertz CT molecular complexity index is 1100. The maximum atomic E-state index is 13.3. The Morgan fingerprint density at radius 1 is 1.10 bits per heavy atom. The molecule has 6 heteroatoms. The highest BCUT2D eigenvalue weighted by Crippen LogP contribution is 2.39. The highest BCUT2D eigenvalue weighted by molar-refractivity contribution is 5.97. The predicted molar refractivity (Wildman–Crippen MR) is 109 cm³/mol. The topological polar surface area (TPSA) is 65.6 Å². The van der Waals surface area contributed by atoms with Crippen molar-refractivity contribution in [1.29, 1.82) is 0 Å². The van der Waals surface area contributed by atoms with Gasteiger partial charge in [-0.15, -0.1) is 0 Å². The molecule has 29 heavy (non-hydrogen) atoms. The van der Waals surface area contributed by atoms with Gasteiger partial charge in [0.05, 0.1) is 13.2 Å². The summed E-state index contributed by atoms with van der Waals surface area (Å²) < 4.78 is 5.20. The van der Waals surface area contributed by atoms with Gasteiger partial charge >= 0.3 is 0 Å². The highest BCUT2D eigenvalue weighted by atomic mass is 16.5. The van der Waals surface area contributed by atoms with Gasteiger partial charge < -0.3 is 19.5 Å². The molecule has 148 valence electrons. The third kappa shape index (κ3) is 2.78. The van der Waals surface area contributed by atoms with Crippen LogP contribution in [0.3, 0.4) is 0 Å². The van der Waals surface area contributed by atoms with E-state index >= 15 is 0 Å². The molecule has 0 aliphatic carbocycles. The van der Waals surface area contributed by atoms with Crippen molar-refractivity contribution >= 4 is 22.7 Å². The zero-order valence-corrected chi connectivity index (χ0v) is 16.5. The second kappa shape index (κ2) is 6.65. The molecule has 2 atom stereocenters. The smallest absolute Gasteiger partial charge is 0.246 e. The van der Waals surface area contributed by atoms with E-state index in [1.54, 1.807) is 16.9 Å². The zero-order valence-electron chi connectivity index (χ0n) is 16.5. The van der Waals surface area contributed by atoms with Gasteiger partial charge in [-0.05, 0) is 36.2 Å². The van der Waals surface area contributed by atoms with Gasteiger partial charge in [0.25, 0.3) is 0 Å². The number of nitrogens with one attached hydrogen (secondary N) is 1. The molecule has 6 nitrogen and oxygen atoms in total. The number of hydrogen-bond donors (Lipinski definition) is 1. The van der Waals surface area contributed by atoms with Crippen LogP contribution in [0.2, 0.25) is 0 Å². The Hall–Kier alpha value is -3.28. The molecule has 0 radical (unpaired) electrons. The van der Waals surface area contributed by atoms with Crippen LogP contribution in [0.1, 0.15) is 29.8 Å². The Morgan fingerprint density at radius 2 is 1.86 bits per heavy atom. The average Bonchev–Trinajstić information content (AvgIpc) is 3.11. The molecular weight excluding hydrogens is 366 g/mol. The number of methoxy groups -OCH3 is 1. The number of hydrogen-bond acceptors (Lipinski definition) is 3. The number of piperazine rings is 1. The molecule has 1 N–H and O–H groups in total. The fourth-order valence-corrected chi connectivity index (χ4v) is 4.71. The molecule has 0 bridgehead atoms. The number of carbonyl (C=O) groups excluding carboxylic acids is 2. The summed E-state index contributed by atoms with van der Waals surface area (Å²) in [5.41, 5.74) is 4.24. The minimum absolute atomic E-state index is 0.0000761. The van der Waals surface area contributed by atoms with Crippen LogP contribution in [-0.2, 0) is 22.6 Å². The number of para-hydroxylation sites is 1. The lowest BCUT2D eigenvalue weighted by molar-refractivity contribution is -0.159. The van der Waals surface area contributed by atoms with Crippen LogP contribution in [0.5, 0.6) is 5.75 Å². The quantitative estimate of drug-likeness (QED) is 0.749. The number of aromatic nitrogens is 1. The number of amides is 2. The number of benzene rings is 2. The lowest BCUT2D eigenvalue weighted by Crippen LogP contribution is -2.62. The lowest BCUT2D eigenvalue weighted by atomic mass is 9.90. The van der Waals surface area contributed by atoms with Crippen molar-refractivity contribution < 1.29 is 14.3 Å². The number of fused-ring (bicyclic) bond motifs is 4. The Labute approximate surface area is 169 Å². The molecular formula is C23H23N3O3. The van der Waals surface area contributed by atoms with Gasteiger partial charge in [0.2, 0.25) is 11.8 Å². The van der Waals surface area contributed by atoms with Crippen molar-refractivity contribution in [3.05, 3.63) is 65.4 Å². The molecule has 1 aromatic heterocycles. The Morgan fingerprint density at radius 3 is 2.62 bits per heavy atom. The third-order valence-corrected chi connectivity index (χ3v) is 6.16. The van der Waals surface area contributed by atoms with E-state index in [0.717, 1.165) is 33.5 Å². The van der Waals surface area contributed by atoms with E-state index in [2.05, 4.69) is 11.1 Å². The van der Waals surface area contributed by atoms with E-state index in [-0.39, 0.29) is 24.4 Å². The average molecular weight is 389 g/mol. The second-order valence-electron chi connectivity index (χ2n) is 7.80. The van der Waals surface area contributed by atoms with E-state index in [0.29, 0.717) is 13.0 Å². The normalized spacial score (nSPS) is 21.3. The SMILES string of the molecule is COc1ccc(CN2CC(=O)N3C(C)c4[nH]c5ccccc5c4C[C@H]3C2=O)cc1. The van der Waals surface area contributed by atoms with Gasteiger partial charge in [-0.2, -0.15) is 0 Å². The number of aromatic amines is 1. The van der Waals surface area contributed by atoms with E-state index < -0.39 is 6.04 Å². The number of ether oxygens (including phenoxy) is 1. The predicted octanol–water partition coefficient (Wildman–Crippen LogP) is 3.03. The maximum absolute atomic E-state index is 13.3. The van der Waals surface area contributed by atoms with Gasteiger partial charge in [0, 0.05) is 29.6 Å². The van der Waals surface area contributed by atoms with Crippen LogP contribution in [0.25, 0.3) is 10.9 Å². The summed E-state index contributed by atoms with van der Waals surface area (Å²) in [6, 6.07) is 15.2. The van der Waals surface area contributed by atoms with Crippen molar-refractivity contribution in [2.45, 2.75) is 32.0 Å². The number of H-pyrrole nitrogens is 1. The molecule has 0 saturated carbocycles. The first-order valence-electron chi connectivity index (χ1n) is 9.89. The lowest BCUT2D eigenvalue weighted by Gasteiger charge is -2.46. The Kier molecular flexibility index (Phi) is 4.08. The summed E-state index contributed by atoms with van der Waals surface area (Å²) in [7, 11) is 1.62. The number of rotatable bonds is 3. The van der Waals surface area contributed by atoms with Crippen LogP contribution in [0, 0.1) is 0 Å². The first-order chi connectivity index (χ1) is 14.1. The number of nitrogens with zero attached hydrogens (tertiary/aromatic N) is 2. The molecule has 1 saturated heterocycles. The fraction of sp³-hybridized carbons (Fsp3) is 0.304. The van der Waals surface area contributed by atoms with Crippen LogP contribution < -0.4 is 4.74 Å². The molecule has 5 rings (SSSR count). The molecule has 1 fully saturated rings. The molecule has 2 aromatic carbocycles. The second-order valence-corrected chi connectivity index (χ2v) is 7.80. The highest BCUT2D eigenvalue weighted by Gasteiger charge is 2.46. The van der Waals surface area contributed by atoms with Crippen molar-refractivity contribution in [2.75, 3.05) is 13.7 Å². The van der Waals surface area contributed by atoms with E-state index in [1.165, 1.54) is 0 Å². The van der Waals surface area contributed by atoms with Gasteiger partial charge in [0.15, 0.2) is 0 Å². The molecule has 2 aliphatic heterocycles. The van der Waals surface area contributed by atoms with Gasteiger partial charge in [0.1, 0.15) is 18.3 Å². The summed E-state index contributed by atoms with van der Waals surface area (Å²) in [5, 5.41) is 1.14. The van der Waals surface area contributed by atoms with E-state index in [4.69, 9.17) is 4.74 Å². The molecule has 0 spiro atoms. The summed E-state index contributed by atoms with van der Waals surface area (Å²) >= 11 is 0. The monoisotopic (exact) mass is 389 g/mol. The van der Waals surface area contributed by atoms with Crippen molar-refractivity contribution in [3.63, 3.8) is 0 Å². The minimum atomic E-state index is -0.448. The Balaban J connectivity index is 1.46. The van der Waals surface area contributed by atoms with Crippen LogP contribution >= 0.6 is 0 Å². The summed E-state index contributed by atoms with van der Waals surface area (Å²) in [5.74, 6) is 0.789. The molecule has 1 unspecified atom stereocenters. The summed E-state index contributed by atoms with van der Waals surface area (Å²) in [4.78, 5) is 33.3. The summed E-state index contributed by atoms with van der Waals surface area (Å²) in [6.45, 7) is 2.54. The van der Waals surface area contributed by atoms with Gasteiger partial charge in [-0.3, -0.25) is 9.59 Å². The first-order valence-corrected chi connectivity index (χ1v) is 9.89. The maximum Gasteiger partial charge on any atom is 0.246 e. The molecule has 2 aliphatic rings.